The maximum Gasteiger partial charge on any atom is 0.491 e. The Hall–Kier alpha value is -4.59. The minimum Gasteiger partial charge on any atom is -0.390 e. The molecule has 0 spiro atoms. The average molecular weight is 480 g/mol. The number of aryl methyl sites for hydroxylation is 1. The Kier molecular flexibility index (Phi) is 6.31. The number of hydrogen-bond donors (Lipinski definition) is 1. The standard InChI is InChI=1S/C20H16N8O5S/c1-13-2-4-16(5-3-13)34-17-9-14(8-15(10-17)27(30)31)22-19(29)18-6-7-25(23-18)12-26-11-21-20(24-26)28(32)33/h2-11H,12H2,1H3,(H,22,29). The Balaban J connectivity index is 1.49. The monoisotopic (exact) mass is 480 g/mol. The van der Waals surface area contributed by atoms with Gasteiger partial charge in [-0.2, -0.15) is 9.78 Å². The third kappa shape index (κ3) is 5.42. The Labute approximate surface area is 195 Å². The van der Waals surface area contributed by atoms with Crippen molar-refractivity contribution in [3.63, 3.8) is 0 Å². The van der Waals surface area contributed by atoms with E-state index < -0.39 is 21.7 Å². The van der Waals surface area contributed by atoms with Gasteiger partial charge in [-0.1, -0.05) is 34.4 Å². The second-order valence-corrected chi connectivity index (χ2v) is 8.21. The van der Waals surface area contributed by atoms with E-state index in [1.165, 1.54) is 51.8 Å². The topological polar surface area (TPSA) is 164 Å². The molecule has 0 saturated carbocycles. The quantitative estimate of drug-likeness (QED) is 0.293. The summed E-state index contributed by atoms with van der Waals surface area (Å²) in [6, 6.07) is 13.5. The molecule has 0 atom stereocenters. The van der Waals surface area contributed by atoms with E-state index in [9.17, 15) is 25.0 Å². The largest absolute Gasteiger partial charge is 0.491 e. The first-order valence-electron chi connectivity index (χ1n) is 9.69. The zero-order valence-corrected chi connectivity index (χ0v) is 18.4. The lowest BCUT2D eigenvalue weighted by atomic mass is 10.2. The molecule has 1 N–H and O–H groups in total. The average Bonchev–Trinajstić information content (AvgIpc) is 3.45. The summed E-state index contributed by atoms with van der Waals surface area (Å²) in [6.45, 7) is 1.97. The van der Waals surface area contributed by atoms with Gasteiger partial charge in [0, 0.05) is 38.9 Å². The van der Waals surface area contributed by atoms with Crippen LogP contribution in [0.15, 0.2) is 70.8 Å². The molecular formula is C20H16N8O5S. The highest BCUT2D eigenvalue weighted by atomic mass is 32.2. The number of nitro groups is 2. The van der Waals surface area contributed by atoms with E-state index in [1.807, 2.05) is 31.2 Å². The fraction of sp³-hybridized carbons (Fsp3) is 0.100. The van der Waals surface area contributed by atoms with Crippen LogP contribution in [0.25, 0.3) is 0 Å². The number of nitrogens with one attached hydrogen (secondary N) is 1. The molecule has 4 rings (SSSR count). The van der Waals surface area contributed by atoms with Crippen LogP contribution < -0.4 is 5.32 Å². The van der Waals surface area contributed by atoms with Gasteiger partial charge in [0.15, 0.2) is 12.4 Å². The maximum absolute atomic E-state index is 12.7. The van der Waals surface area contributed by atoms with Crippen LogP contribution in [0, 0.1) is 27.2 Å². The van der Waals surface area contributed by atoms with Crippen LogP contribution >= 0.6 is 11.8 Å². The summed E-state index contributed by atoms with van der Waals surface area (Å²) in [6.07, 6.45) is 2.67. The third-order valence-electron chi connectivity index (χ3n) is 4.47. The molecule has 0 saturated heterocycles. The molecule has 34 heavy (non-hydrogen) atoms. The van der Waals surface area contributed by atoms with Crippen molar-refractivity contribution in [3.05, 3.63) is 92.5 Å². The summed E-state index contributed by atoms with van der Waals surface area (Å²) < 4.78 is 2.54. The molecule has 1 amide bonds. The highest BCUT2D eigenvalue weighted by molar-refractivity contribution is 7.99. The molecule has 0 radical (unpaired) electrons. The van der Waals surface area contributed by atoms with Gasteiger partial charge in [0.05, 0.1) is 4.92 Å². The molecule has 0 fully saturated rings. The van der Waals surface area contributed by atoms with Crippen LogP contribution in [0.4, 0.5) is 17.3 Å². The molecule has 0 aliphatic heterocycles. The number of rotatable bonds is 8. The molecule has 0 unspecified atom stereocenters. The summed E-state index contributed by atoms with van der Waals surface area (Å²) >= 11 is 1.34. The highest BCUT2D eigenvalue weighted by Gasteiger charge is 2.17. The van der Waals surface area contributed by atoms with Crippen LogP contribution in [0.1, 0.15) is 16.1 Å². The van der Waals surface area contributed by atoms with Crippen molar-refractivity contribution in [2.24, 2.45) is 0 Å². The number of anilines is 1. The second-order valence-electron chi connectivity index (χ2n) is 7.06. The first kappa shape index (κ1) is 22.6. The molecular weight excluding hydrogens is 464 g/mol. The van der Waals surface area contributed by atoms with Crippen LogP contribution in [0.3, 0.4) is 0 Å². The molecule has 2 aromatic carbocycles. The molecule has 2 aromatic heterocycles. The van der Waals surface area contributed by atoms with Crippen molar-refractivity contribution >= 4 is 35.0 Å². The summed E-state index contributed by atoms with van der Waals surface area (Å²) in [5.41, 5.74) is 1.23. The summed E-state index contributed by atoms with van der Waals surface area (Å²) in [4.78, 5) is 38.5. The minimum absolute atomic E-state index is 0.00225. The van der Waals surface area contributed by atoms with Crippen molar-refractivity contribution in [1.29, 1.82) is 0 Å². The maximum atomic E-state index is 12.7. The van der Waals surface area contributed by atoms with Gasteiger partial charge in [-0.15, -0.1) is 0 Å². The van der Waals surface area contributed by atoms with E-state index in [-0.39, 0.29) is 23.7 Å². The van der Waals surface area contributed by atoms with E-state index >= 15 is 0 Å². The Morgan fingerprint density at radius 2 is 1.76 bits per heavy atom. The number of hydrogen-bond acceptors (Lipinski definition) is 9. The predicted molar refractivity (Wildman–Crippen MR) is 121 cm³/mol. The predicted octanol–water partition coefficient (Wildman–Crippen LogP) is 3.51. The molecule has 14 heteroatoms. The highest BCUT2D eigenvalue weighted by Crippen LogP contribution is 2.33. The smallest absolute Gasteiger partial charge is 0.390 e. The van der Waals surface area contributed by atoms with Gasteiger partial charge in [-0.3, -0.25) is 14.9 Å². The lowest BCUT2D eigenvalue weighted by molar-refractivity contribution is -0.394. The van der Waals surface area contributed by atoms with Gasteiger partial charge in [0.1, 0.15) is 0 Å². The lowest BCUT2D eigenvalue weighted by Crippen LogP contribution is -2.15. The van der Waals surface area contributed by atoms with Crippen LogP contribution in [0.2, 0.25) is 0 Å². The molecule has 0 aliphatic rings. The molecule has 4 aromatic rings. The Morgan fingerprint density at radius 1 is 1.00 bits per heavy atom. The number of nitrogens with zero attached hydrogens (tertiary/aromatic N) is 7. The first-order valence-corrected chi connectivity index (χ1v) is 10.5. The van der Waals surface area contributed by atoms with Crippen molar-refractivity contribution < 1.29 is 14.6 Å². The SMILES string of the molecule is Cc1ccc(Sc2cc(NC(=O)c3ccn(Cn4cnc([N+](=O)[O-])n4)n3)cc([N+](=O)[O-])c2)cc1. The zero-order valence-electron chi connectivity index (χ0n) is 17.6. The number of non-ortho nitro benzene ring substituents is 1. The third-order valence-corrected chi connectivity index (χ3v) is 5.45. The van der Waals surface area contributed by atoms with Crippen LogP contribution in [-0.2, 0) is 6.67 Å². The fourth-order valence-corrected chi connectivity index (χ4v) is 3.81. The number of amides is 1. The van der Waals surface area contributed by atoms with Crippen LogP contribution in [0.5, 0.6) is 0 Å². The number of benzene rings is 2. The van der Waals surface area contributed by atoms with Gasteiger partial charge in [0.25, 0.3) is 11.6 Å². The molecule has 2 heterocycles. The Morgan fingerprint density at radius 3 is 2.44 bits per heavy atom. The lowest BCUT2D eigenvalue weighted by Gasteiger charge is -2.07. The van der Waals surface area contributed by atoms with Gasteiger partial charge >= 0.3 is 5.95 Å². The van der Waals surface area contributed by atoms with Crippen molar-refractivity contribution in [1.82, 2.24) is 24.5 Å². The van der Waals surface area contributed by atoms with Crippen molar-refractivity contribution in [3.8, 4) is 0 Å². The van der Waals surface area contributed by atoms with Crippen molar-refractivity contribution in [2.75, 3.05) is 5.32 Å². The van der Waals surface area contributed by atoms with E-state index in [4.69, 9.17) is 0 Å². The van der Waals surface area contributed by atoms with Gasteiger partial charge in [-0.05, 0) is 36.1 Å². The molecule has 13 nitrogen and oxygen atoms in total. The number of carbonyl (C=O) groups is 1. The van der Waals surface area contributed by atoms with E-state index in [2.05, 4.69) is 20.5 Å². The van der Waals surface area contributed by atoms with Crippen LogP contribution in [-0.4, -0.2) is 40.3 Å². The van der Waals surface area contributed by atoms with Gasteiger partial charge < -0.3 is 15.4 Å². The molecule has 0 aliphatic carbocycles. The zero-order chi connectivity index (χ0) is 24.2. The molecule has 172 valence electrons. The number of nitro benzene ring substituents is 1. The summed E-state index contributed by atoms with van der Waals surface area (Å²) in [5, 5.41) is 32.5. The normalized spacial score (nSPS) is 10.7. The summed E-state index contributed by atoms with van der Waals surface area (Å²) in [5.74, 6) is -1.12. The molecule has 0 bridgehead atoms. The van der Waals surface area contributed by atoms with E-state index in [0.717, 1.165) is 10.5 Å². The van der Waals surface area contributed by atoms with E-state index in [0.29, 0.717) is 4.90 Å². The Bertz CT molecular complexity index is 1380. The number of aromatic nitrogens is 5. The van der Waals surface area contributed by atoms with E-state index in [1.54, 1.807) is 6.07 Å². The minimum atomic E-state index is -0.719. The van der Waals surface area contributed by atoms with Crippen molar-refractivity contribution in [2.45, 2.75) is 23.4 Å². The van der Waals surface area contributed by atoms with Gasteiger partial charge in [-0.25, -0.2) is 4.68 Å². The number of carbonyl (C=O) groups excluding carboxylic acids is 1. The summed E-state index contributed by atoms with van der Waals surface area (Å²) in [7, 11) is 0. The second kappa shape index (κ2) is 9.50. The van der Waals surface area contributed by atoms with Gasteiger partial charge in [0.2, 0.25) is 6.33 Å². The fourth-order valence-electron chi connectivity index (χ4n) is 2.90. The first-order chi connectivity index (χ1) is 16.3.